The quantitative estimate of drug-likeness (QED) is 0.765. The summed E-state index contributed by atoms with van der Waals surface area (Å²) in [6.45, 7) is 4.06. The van der Waals surface area contributed by atoms with E-state index in [0.29, 0.717) is 17.2 Å². The maximum Gasteiger partial charge on any atom is 0.135 e. The molecule has 2 aromatic rings. The predicted octanol–water partition coefficient (Wildman–Crippen LogP) is 4.21. The van der Waals surface area contributed by atoms with Crippen molar-refractivity contribution in [3.05, 3.63) is 40.2 Å². The van der Waals surface area contributed by atoms with E-state index in [1.54, 1.807) is 5.38 Å². The van der Waals surface area contributed by atoms with Crippen LogP contribution < -0.4 is 0 Å². The van der Waals surface area contributed by atoms with Gasteiger partial charge in [0.1, 0.15) is 11.6 Å². The molecule has 16 heavy (non-hydrogen) atoms. The predicted molar refractivity (Wildman–Crippen MR) is 61.6 cm³/mol. The summed E-state index contributed by atoms with van der Waals surface area (Å²) in [4.78, 5) is 4.33. The first-order valence-corrected chi connectivity index (χ1v) is 5.86. The highest BCUT2D eigenvalue weighted by Gasteiger charge is 2.11. The highest BCUT2D eigenvalue weighted by Crippen LogP contribution is 2.28. The standard InChI is InChI=1S/C12H11F2NS/c1-7(2)12-15-11(6-16-12)9-4-3-8(13)5-10(9)14/h3-7H,1-2H3. The van der Waals surface area contributed by atoms with Crippen molar-refractivity contribution in [1.29, 1.82) is 0 Å². The second kappa shape index (κ2) is 4.29. The third-order valence-corrected chi connectivity index (χ3v) is 3.37. The summed E-state index contributed by atoms with van der Waals surface area (Å²) in [7, 11) is 0. The van der Waals surface area contributed by atoms with Crippen molar-refractivity contribution < 1.29 is 8.78 Å². The van der Waals surface area contributed by atoms with Gasteiger partial charge in [0.05, 0.1) is 10.7 Å². The Hall–Kier alpha value is -1.29. The summed E-state index contributed by atoms with van der Waals surface area (Å²) in [6.07, 6.45) is 0. The lowest BCUT2D eigenvalue weighted by Gasteiger charge is -2.00. The number of benzene rings is 1. The van der Waals surface area contributed by atoms with Gasteiger partial charge >= 0.3 is 0 Å². The molecule has 84 valence electrons. The van der Waals surface area contributed by atoms with Gasteiger partial charge in [-0.15, -0.1) is 11.3 Å². The van der Waals surface area contributed by atoms with Gasteiger partial charge in [-0.25, -0.2) is 13.8 Å². The Morgan fingerprint density at radius 2 is 2.00 bits per heavy atom. The fourth-order valence-corrected chi connectivity index (χ4v) is 2.21. The molecule has 0 amide bonds. The van der Waals surface area contributed by atoms with Gasteiger partial charge in [0, 0.05) is 22.9 Å². The zero-order chi connectivity index (χ0) is 11.7. The minimum Gasteiger partial charge on any atom is -0.241 e. The molecule has 2 rings (SSSR count). The number of halogens is 2. The topological polar surface area (TPSA) is 12.9 Å². The lowest BCUT2D eigenvalue weighted by Crippen LogP contribution is -1.89. The molecule has 0 aliphatic heterocycles. The van der Waals surface area contributed by atoms with Crippen molar-refractivity contribution in [2.75, 3.05) is 0 Å². The van der Waals surface area contributed by atoms with E-state index in [9.17, 15) is 8.78 Å². The van der Waals surface area contributed by atoms with Gasteiger partial charge < -0.3 is 0 Å². The Morgan fingerprint density at radius 3 is 2.56 bits per heavy atom. The van der Waals surface area contributed by atoms with E-state index in [4.69, 9.17) is 0 Å². The third-order valence-electron chi connectivity index (χ3n) is 2.22. The zero-order valence-electron chi connectivity index (χ0n) is 9.00. The number of hydrogen-bond acceptors (Lipinski definition) is 2. The second-order valence-corrected chi connectivity index (χ2v) is 4.74. The molecule has 1 heterocycles. The van der Waals surface area contributed by atoms with Gasteiger partial charge in [0.15, 0.2) is 0 Å². The minimum absolute atomic E-state index is 0.322. The van der Waals surface area contributed by atoms with Crippen molar-refractivity contribution in [2.45, 2.75) is 19.8 Å². The van der Waals surface area contributed by atoms with Crippen LogP contribution in [0.2, 0.25) is 0 Å². The molecule has 4 heteroatoms. The Labute approximate surface area is 96.8 Å². The van der Waals surface area contributed by atoms with Crippen LogP contribution in [-0.4, -0.2) is 4.98 Å². The van der Waals surface area contributed by atoms with Crippen molar-refractivity contribution >= 4 is 11.3 Å². The normalized spacial score (nSPS) is 11.1. The smallest absolute Gasteiger partial charge is 0.135 e. The van der Waals surface area contributed by atoms with Crippen LogP contribution in [0.5, 0.6) is 0 Å². The minimum atomic E-state index is -0.569. The Morgan fingerprint density at radius 1 is 1.25 bits per heavy atom. The highest BCUT2D eigenvalue weighted by molar-refractivity contribution is 7.10. The molecule has 0 N–H and O–H groups in total. The molecule has 0 atom stereocenters. The molecule has 0 spiro atoms. The molecule has 1 aromatic carbocycles. The van der Waals surface area contributed by atoms with Crippen LogP contribution in [0, 0.1) is 11.6 Å². The number of thiazole rings is 1. The van der Waals surface area contributed by atoms with E-state index < -0.39 is 11.6 Å². The molecule has 0 bridgehead atoms. The van der Waals surface area contributed by atoms with Crippen LogP contribution in [0.1, 0.15) is 24.8 Å². The van der Waals surface area contributed by atoms with Crippen LogP contribution in [0.4, 0.5) is 8.78 Å². The molecule has 0 fully saturated rings. The van der Waals surface area contributed by atoms with Crippen LogP contribution in [0.3, 0.4) is 0 Å². The van der Waals surface area contributed by atoms with E-state index >= 15 is 0 Å². The molecule has 1 aromatic heterocycles. The van der Waals surface area contributed by atoms with Crippen molar-refractivity contribution in [3.8, 4) is 11.3 Å². The van der Waals surface area contributed by atoms with Gasteiger partial charge in [0.25, 0.3) is 0 Å². The van der Waals surface area contributed by atoms with E-state index in [0.717, 1.165) is 11.1 Å². The summed E-state index contributed by atoms with van der Waals surface area (Å²) in [6, 6.07) is 3.54. The fraction of sp³-hybridized carbons (Fsp3) is 0.250. The molecule has 1 nitrogen and oxygen atoms in total. The van der Waals surface area contributed by atoms with E-state index in [1.807, 2.05) is 13.8 Å². The summed E-state index contributed by atoms with van der Waals surface area (Å²) in [5.41, 5.74) is 0.927. The lowest BCUT2D eigenvalue weighted by atomic mass is 10.1. The van der Waals surface area contributed by atoms with E-state index in [-0.39, 0.29) is 0 Å². The van der Waals surface area contributed by atoms with Gasteiger partial charge in [-0.05, 0) is 12.1 Å². The van der Waals surface area contributed by atoms with Gasteiger partial charge in [0.2, 0.25) is 0 Å². The van der Waals surface area contributed by atoms with E-state index in [2.05, 4.69) is 4.98 Å². The molecule has 0 saturated carbocycles. The molecular weight excluding hydrogens is 228 g/mol. The fourth-order valence-electron chi connectivity index (χ4n) is 1.37. The first-order valence-electron chi connectivity index (χ1n) is 4.99. The van der Waals surface area contributed by atoms with Gasteiger partial charge in [-0.2, -0.15) is 0 Å². The first-order chi connectivity index (χ1) is 7.58. The van der Waals surface area contributed by atoms with Crippen LogP contribution in [-0.2, 0) is 0 Å². The summed E-state index contributed by atoms with van der Waals surface area (Å²) in [5, 5.41) is 2.75. The highest BCUT2D eigenvalue weighted by atomic mass is 32.1. The summed E-state index contributed by atoms with van der Waals surface area (Å²) in [5.74, 6) is -0.816. The van der Waals surface area contributed by atoms with Crippen LogP contribution >= 0.6 is 11.3 Å². The molecular formula is C12H11F2NS. The number of rotatable bonds is 2. The maximum absolute atomic E-state index is 13.5. The average Bonchev–Trinajstić information content (AvgIpc) is 2.66. The van der Waals surface area contributed by atoms with Crippen molar-refractivity contribution in [2.24, 2.45) is 0 Å². The molecule has 0 unspecified atom stereocenters. The second-order valence-electron chi connectivity index (χ2n) is 3.85. The molecule has 0 saturated heterocycles. The number of aromatic nitrogens is 1. The molecule has 0 radical (unpaired) electrons. The largest absolute Gasteiger partial charge is 0.241 e. The number of hydrogen-bond donors (Lipinski definition) is 0. The first kappa shape index (κ1) is 11.2. The monoisotopic (exact) mass is 239 g/mol. The molecule has 0 aliphatic rings. The van der Waals surface area contributed by atoms with Crippen LogP contribution in [0.25, 0.3) is 11.3 Å². The van der Waals surface area contributed by atoms with Crippen LogP contribution in [0.15, 0.2) is 23.6 Å². The van der Waals surface area contributed by atoms with Crippen molar-refractivity contribution in [1.82, 2.24) is 4.98 Å². The maximum atomic E-state index is 13.5. The summed E-state index contributed by atoms with van der Waals surface area (Å²) < 4.78 is 26.2. The van der Waals surface area contributed by atoms with Crippen molar-refractivity contribution in [3.63, 3.8) is 0 Å². The average molecular weight is 239 g/mol. The molecule has 0 aliphatic carbocycles. The van der Waals surface area contributed by atoms with Gasteiger partial charge in [-0.1, -0.05) is 13.8 Å². The lowest BCUT2D eigenvalue weighted by molar-refractivity contribution is 0.585. The SMILES string of the molecule is CC(C)c1nc(-c2ccc(F)cc2F)cs1. The summed E-state index contributed by atoms with van der Waals surface area (Å²) >= 11 is 1.49. The Bertz CT molecular complexity index is 505. The zero-order valence-corrected chi connectivity index (χ0v) is 9.81. The van der Waals surface area contributed by atoms with E-state index in [1.165, 1.54) is 23.5 Å². The van der Waals surface area contributed by atoms with Gasteiger partial charge in [-0.3, -0.25) is 0 Å². The number of nitrogens with zero attached hydrogens (tertiary/aromatic N) is 1. The third kappa shape index (κ3) is 2.11. The Balaban J connectivity index is 2.42. The Kier molecular flexibility index (Phi) is 3.01.